The van der Waals surface area contributed by atoms with Crippen molar-refractivity contribution in [3.05, 3.63) is 17.5 Å². The average Bonchev–Trinajstić information content (AvgIpc) is 3.01. The van der Waals surface area contributed by atoms with E-state index in [1.807, 2.05) is 0 Å². The molecule has 3 rings (SSSR count). The predicted molar refractivity (Wildman–Crippen MR) is 78.6 cm³/mol. The summed E-state index contributed by atoms with van der Waals surface area (Å²) >= 11 is 0. The number of carboxylic acid groups (broad SMARTS) is 1. The van der Waals surface area contributed by atoms with E-state index in [1.54, 1.807) is 41.8 Å². The lowest BCUT2D eigenvalue weighted by Gasteiger charge is -2.32. The molecule has 2 aliphatic rings. The van der Waals surface area contributed by atoms with Crippen molar-refractivity contribution in [1.29, 1.82) is 0 Å². The highest BCUT2D eigenvalue weighted by Gasteiger charge is 2.49. The largest absolute Gasteiger partial charge is 0.479 e. The number of carboxylic acids is 1. The molecule has 124 valence electrons. The molecule has 2 bridgehead atoms. The van der Waals surface area contributed by atoms with Gasteiger partial charge in [0.1, 0.15) is 11.9 Å². The summed E-state index contributed by atoms with van der Waals surface area (Å²) < 4.78 is 1.70. The fourth-order valence-corrected chi connectivity index (χ4v) is 3.12. The number of aromatic nitrogens is 2. The molecule has 0 spiro atoms. The molecule has 10 nitrogen and oxygen atoms in total. The van der Waals surface area contributed by atoms with E-state index in [9.17, 15) is 9.59 Å². The molecular weight excluding hydrogens is 304 g/mol. The van der Waals surface area contributed by atoms with Crippen LogP contribution in [-0.4, -0.2) is 69.8 Å². The number of hydroxylamine groups is 1. The summed E-state index contributed by atoms with van der Waals surface area (Å²) in [5, 5.41) is 13.0. The predicted octanol–water partition coefficient (Wildman–Crippen LogP) is -0.483. The number of aliphatic imine (C=N–C) groups is 1. The molecule has 2 amide bonds. The highest BCUT2D eigenvalue weighted by atomic mass is 16.7. The highest BCUT2D eigenvalue weighted by Crippen LogP contribution is 2.42. The molecule has 1 aromatic rings. The third-order valence-corrected chi connectivity index (χ3v) is 4.20. The van der Waals surface area contributed by atoms with E-state index < -0.39 is 18.6 Å². The number of carbonyl (C=O) groups excluding carboxylic acids is 1. The number of fused-ring (bicyclic) bond motifs is 4. The van der Waals surface area contributed by atoms with Gasteiger partial charge in [0.15, 0.2) is 6.61 Å². The Hall–Kier alpha value is -2.62. The SMILES string of the molecule is CN=C(NOCC(=O)O)[C@@H]1c2c(cnn2C)[C@@H]2CN1C(=O)N2C. The summed E-state index contributed by atoms with van der Waals surface area (Å²) in [6, 6.07) is -0.650. The lowest BCUT2D eigenvalue weighted by atomic mass is 9.97. The number of hydrogen-bond acceptors (Lipinski definition) is 5. The number of likely N-dealkylation sites (N-methyl/N-ethyl adjacent to an activating group) is 1. The van der Waals surface area contributed by atoms with E-state index in [2.05, 4.69) is 15.6 Å². The molecule has 1 aromatic heterocycles. The highest BCUT2D eigenvalue weighted by molar-refractivity contribution is 5.93. The minimum atomic E-state index is -1.10. The van der Waals surface area contributed by atoms with Crippen LogP contribution in [0.25, 0.3) is 0 Å². The first-order valence-corrected chi connectivity index (χ1v) is 7.07. The van der Waals surface area contributed by atoms with E-state index in [-0.39, 0.29) is 12.1 Å². The molecule has 0 aliphatic carbocycles. The Morgan fingerprint density at radius 2 is 2.30 bits per heavy atom. The second-order valence-electron chi connectivity index (χ2n) is 5.47. The van der Waals surface area contributed by atoms with Crippen LogP contribution < -0.4 is 5.48 Å². The molecule has 3 heterocycles. The summed E-state index contributed by atoms with van der Waals surface area (Å²) in [4.78, 5) is 35.5. The molecule has 10 heteroatoms. The Bertz CT molecular complexity index is 684. The fourth-order valence-electron chi connectivity index (χ4n) is 3.12. The van der Waals surface area contributed by atoms with Gasteiger partial charge in [0.2, 0.25) is 0 Å². The van der Waals surface area contributed by atoms with Gasteiger partial charge in [-0.1, -0.05) is 0 Å². The Morgan fingerprint density at radius 3 is 2.96 bits per heavy atom. The van der Waals surface area contributed by atoms with E-state index >= 15 is 0 Å². The Kier molecular flexibility index (Phi) is 3.68. The number of aliphatic carboxylic acids is 1. The molecule has 2 N–H and O–H groups in total. The van der Waals surface area contributed by atoms with Crippen LogP contribution >= 0.6 is 0 Å². The topological polar surface area (TPSA) is 112 Å². The molecular formula is C13H18N6O4. The quantitative estimate of drug-likeness (QED) is 0.440. The van der Waals surface area contributed by atoms with Crippen molar-refractivity contribution in [3.63, 3.8) is 0 Å². The Labute approximate surface area is 132 Å². The summed E-state index contributed by atoms with van der Waals surface area (Å²) in [5.74, 6) is -0.743. The van der Waals surface area contributed by atoms with Gasteiger partial charge in [-0.25, -0.2) is 9.59 Å². The first-order valence-electron chi connectivity index (χ1n) is 7.07. The van der Waals surface area contributed by atoms with Crippen LogP contribution in [0, 0.1) is 0 Å². The van der Waals surface area contributed by atoms with E-state index in [1.165, 1.54) is 0 Å². The van der Waals surface area contributed by atoms with Crippen molar-refractivity contribution in [3.8, 4) is 0 Å². The number of hydrogen-bond donors (Lipinski definition) is 2. The second-order valence-corrected chi connectivity index (χ2v) is 5.47. The number of carbonyl (C=O) groups is 2. The summed E-state index contributed by atoms with van der Waals surface area (Å²) in [6.07, 6.45) is 1.75. The molecule has 1 saturated heterocycles. The minimum Gasteiger partial charge on any atom is -0.479 e. The van der Waals surface area contributed by atoms with Crippen LogP contribution in [0.1, 0.15) is 23.3 Å². The van der Waals surface area contributed by atoms with Gasteiger partial charge in [-0.3, -0.25) is 20.0 Å². The van der Waals surface area contributed by atoms with Crippen LogP contribution in [-0.2, 0) is 16.7 Å². The molecule has 0 radical (unpaired) electrons. The number of aryl methyl sites for hydroxylation is 1. The van der Waals surface area contributed by atoms with Gasteiger partial charge in [-0.2, -0.15) is 5.10 Å². The first-order chi connectivity index (χ1) is 11.0. The number of nitrogens with zero attached hydrogens (tertiary/aromatic N) is 5. The standard InChI is InChI=1S/C13H18N6O4/c1-14-12(16-23-6-9(20)21)11-10-7(4-15-18(10)3)8-5-19(11)13(22)17(8)2/h4,8,11H,5-6H2,1-3H3,(H,14,16)(H,20,21)/t8-,11-/m0/s1. The van der Waals surface area contributed by atoms with Crippen LogP contribution in [0.2, 0.25) is 0 Å². The zero-order valence-corrected chi connectivity index (χ0v) is 13.1. The Balaban J connectivity index is 1.95. The van der Waals surface area contributed by atoms with Gasteiger partial charge in [0, 0.05) is 33.3 Å². The maximum Gasteiger partial charge on any atom is 0.332 e. The number of nitrogens with one attached hydrogen (secondary N) is 1. The van der Waals surface area contributed by atoms with Crippen molar-refractivity contribution < 1.29 is 19.5 Å². The Morgan fingerprint density at radius 1 is 1.57 bits per heavy atom. The van der Waals surface area contributed by atoms with Gasteiger partial charge >= 0.3 is 12.0 Å². The van der Waals surface area contributed by atoms with Crippen LogP contribution in [0.5, 0.6) is 0 Å². The monoisotopic (exact) mass is 322 g/mol. The first kappa shape index (κ1) is 15.3. The zero-order chi connectivity index (χ0) is 16.7. The summed E-state index contributed by atoms with van der Waals surface area (Å²) in [6.45, 7) is 0.0127. The van der Waals surface area contributed by atoms with Crippen LogP contribution in [0.3, 0.4) is 0 Å². The number of rotatable bonds is 4. The van der Waals surface area contributed by atoms with Gasteiger partial charge in [-0.05, 0) is 0 Å². The van der Waals surface area contributed by atoms with Crippen LogP contribution in [0.15, 0.2) is 11.2 Å². The molecule has 23 heavy (non-hydrogen) atoms. The number of amides is 2. The van der Waals surface area contributed by atoms with E-state index in [0.717, 1.165) is 11.3 Å². The van der Waals surface area contributed by atoms with Crippen molar-refractivity contribution in [2.24, 2.45) is 12.0 Å². The van der Waals surface area contributed by atoms with Crippen molar-refractivity contribution in [1.82, 2.24) is 25.1 Å². The lowest BCUT2D eigenvalue weighted by molar-refractivity contribution is -0.143. The average molecular weight is 322 g/mol. The third kappa shape index (κ3) is 2.31. The molecule has 0 unspecified atom stereocenters. The number of amidine groups is 1. The van der Waals surface area contributed by atoms with Crippen molar-refractivity contribution in [2.45, 2.75) is 12.1 Å². The molecule has 2 atom stereocenters. The maximum atomic E-state index is 12.5. The molecule has 0 aromatic carbocycles. The lowest BCUT2D eigenvalue weighted by Crippen LogP contribution is -2.44. The fraction of sp³-hybridized carbons (Fsp3) is 0.538. The van der Waals surface area contributed by atoms with Crippen LogP contribution in [0.4, 0.5) is 4.79 Å². The minimum absolute atomic E-state index is 0.0412. The maximum absolute atomic E-state index is 12.5. The van der Waals surface area contributed by atoms with Gasteiger partial charge in [-0.15, -0.1) is 0 Å². The molecule has 0 saturated carbocycles. The van der Waals surface area contributed by atoms with E-state index in [4.69, 9.17) is 9.94 Å². The number of urea groups is 1. The second kappa shape index (κ2) is 5.54. The molecule has 1 fully saturated rings. The normalized spacial score (nSPS) is 23.3. The van der Waals surface area contributed by atoms with Crippen molar-refractivity contribution in [2.75, 3.05) is 27.2 Å². The van der Waals surface area contributed by atoms with Gasteiger partial charge < -0.3 is 14.9 Å². The summed E-state index contributed by atoms with van der Waals surface area (Å²) in [5.41, 5.74) is 4.36. The smallest absolute Gasteiger partial charge is 0.332 e. The van der Waals surface area contributed by atoms with Gasteiger partial charge in [0.05, 0.1) is 17.9 Å². The third-order valence-electron chi connectivity index (χ3n) is 4.20. The van der Waals surface area contributed by atoms with E-state index in [0.29, 0.717) is 12.4 Å². The molecule has 2 aliphatic heterocycles. The van der Waals surface area contributed by atoms with Gasteiger partial charge in [0.25, 0.3) is 0 Å². The summed E-state index contributed by atoms with van der Waals surface area (Å²) in [7, 11) is 5.11. The van der Waals surface area contributed by atoms with Crippen molar-refractivity contribution >= 4 is 17.8 Å². The zero-order valence-electron chi connectivity index (χ0n) is 13.1.